The fraction of sp³-hybridized carbons (Fsp3) is 0.531. The van der Waals surface area contributed by atoms with E-state index in [1.165, 1.54) is 98.4 Å². The molecule has 1 atom stereocenters. The highest BCUT2D eigenvalue weighted by atomic mass is 16.5. The van der Waals surface area contributed by atoms with Gasteiger partial charge in [0.05, 0.1) is 18.4 Å². The molecule has 196 valence electrons. The third-order valence-electron chi connectivity index (χ3n) is 9.24. The molecule has 5 nitrogen and oxygen atoms in total. The summed E-state index contributed by atoms with van der Waals surface area (Å²) in [5.74, 6) is 0.319. The van der Waals surface area contributed by atoms with Crippen LogP contribution in [-0.4, -0.2) is 60.7 Å². The molecule has 2 aliphatic heterocycles. The van der Waals surface area contributed by atoms with E-state index in [0.717, 1.165) is 26.1 Å². The highest BCUT2D eigenvalue weighted by molar-refractivity contribution is 5.99. The summed E-state index contributed by atoms with van der Waals surface area (Å²) >= 11 is 0. The number of ether oxygens (including phenoxy) is 1. The fourth-order valence-electron chi connectivity index (χ4n) is 7.28. The lowest BCUT2D eigenvalue weighted by molar-refractivity contribution is 0.0601. The standard InChI is InChI=1S/C32H41N3O2/c1-33(20-21-34-17-8-9-18-34)28-16-19-35-29-22-24(32(36)37-2)14-15-27(29)30(23-10-4-3-5-11-23)31(35)26-13-7-6-12-25(26)28/h6-7,12-15,22-23,28H,3-5,8-11,16-21H2,1-2H3. The van der Waals surface area contributed by atoms with Crippen molar-refractivity contribution < 1.29 is 9.53 Å². The summed E-state index contributed by atoms with van der Waals surface area (Å²) in [6.07, 6.45) is 10.2. The highest BCUT2D eigenvalue weighted by Gasteiger charge is 2.32. The molecule has 37 heavy (non-hydrogen) atoms. The Morgan fingerprint density at radius 3 is 2.54 bits per heavy atom. The van der Waals surface area contributed by atoms with Crippen LogP contribution in [0.4, 0.5) is 0 Å². The first-order valence-electron chi connectivity index (χ1n) is 14.4. The van der Waals surface area contributed by atoms with Crippen molar-refractivity contribution >= 4 is 16.9 Å². The minimum absolute atomic E-state index is 0.259. The summed E-state index contributed by atoms with van der Waals surface area (Å²) in [6.45, 7) is 5.70. The van der Waals surface area contributed by atoms with Gasteiger partial charge in [0.2, 0.25) is 0 Å². The van der Waals surface area contributed by atoms with E-state index >= 15 is 0 Å². The van der Waals surface area contributed by atoms with Crippen LogP contribution in [0, 0.1) is 0 Å². The third-order valence-corrected chi connectivity index (χ3v) is 9.24. The van der Waals surface area contributed by atoms with Gasteiger partial charge in [0.25, 0.3) is 0 Å². The first-order chi connectivity index (χ1) is 18.2. The lowest BCUT2D eigenvalue weighted by Gasteiger charge is -2.30. The number of aromatic nitrogens is 1. The zero-order chi connectivity index (χ0) is 25.4. The van der Waals surface area contributed by atoms with Gasteiger partial charge in [0.15, 0.2) is 0 Å². The van der Waals surface area contributed by atoms with Crippen molar-refractivity contribution in [2.24, 2.45) is 0 Å². The number of likely N-dealkylation sites (N-methyl/N-ethyl adjacent to an activating group) is 1. The molecule has 0 N–H and O–H groups in total. The zero-order valence-electron chi connectivity index (χ0n) is 22.5. The number of rotatable bonds is 6. The number of carbonyl (C=O) groups excluding carboxylic acids is 1. The number of nitrogens with zero attached hydrogens (tertiary/aromatic N) is 3. The Bertz CT molecular complexity index is 1270. The maximum atomic E-state index is 12.5. The summed E-state index contributed by atoms with van der Waals surface area (Å²) in [5.41, 5.74) is 7.58. The Hall–Kier alpha value is -2.63. The van der Waals surface area contributed by atoms with E-state index in [0.29, 0.717) is 17.5 Å². The van der Waals surface area contributed by atoms with Crippen molar-refractivity contribution in [2.75, 3.05) is 40.3 Å². The van der Waals surface area contributed by atoms with Crippen LogP contribution in [-0.2, 0) is 11.3 Å². The molecule has 1 saturated heterocycles. The third kappa shape index (κ3) is 4.61. The van der Waals surface area contributed by atoms with Crippen molar-refractivity contribution in [2.45, 2.75) is 69.9 Å². The van der Waals surface area contributed by atoms with Crippen LogP contribution in [0.2, 0.25) is 0 Å². The normalized spacial score (nSPS) is 20.7. The van der Waals surface area contributed by atoms with E-state index in [4.69, 9.17) is 4.74 Å². The number of carbonyl (C=O) groups is 1. The second-order valence-corrected chi connectivity index (χ2v) is 11.4. The lowest BCUT2D eigenvalue weighted by Crippen LogP contribution is -2.34. The van der Waals surface area contributed by atoms with Gasteiger partial charge in [-0.1, -0.05) is 49.6 Å². The van der Waals surface area contributed by atoms with Gasteiger partial charge < -0.3 is 14.2 Å². The molecule has 2 aromatic carbocycles. The van der Waals surface area contributed by atoms with Crippen LogP contribution < -0.4 is 0 Å². The van der Waals surface area contributed by atoms with E-state index in [2.05, 4.69) is 57.8 Å². The predicted octanol–water partition coefficient (Wildman–Crippen LogP) is 6.62. The van der Waals surface area contributed by atoms with E-state index < -0.39 is 0 Å². The first kappa shape index (κ1) is 24.7. The summed E-state index contributed by atoms with van der Waals surface area (Å²) in [4.78, 5) is 17.7. The van der Waals surface area contributed by atoms with Gasteiger partial charge in [-0.25, -0.2) is 4.79 Å². The molecule has 1 aliphatic carbocycles. The number of fused-ring (bicyclic) bond motifs is 5. The second-order valence-electron chi connectivity index (χ2n) is 11.4. The van der Waals surface area contributed by atoms with E-state index in [1.807, 2.05) is 6.07 Å². The van der Waals surface area contributed by atoms with Gasteiger partial charge >= 0.3 is 5.97 Å². The number of hydrogen-bond donors (Lipinski definition) is 0. The second kappa shape index (κ2) is 10.6. The molecule has 0 spiro atoms. The van der Waals surface area contributed by atoms with Crippen LogP contribution in [0.15, 0.2) is 42.5 Å². The molecule has 1 unspecified atom stereocenters. The maximum Gasteiger partial charge on any atom is 0.337 e. The molecule has 1 saturated carbocycles. The van der Waals surface area contributed by atoms with Gasteiger partial charge in [-0.15, -0.1) is 0 Å². The molecule has 0 bridgehead atoms. The quantitative estimate of drug-likeness (QED) is 0.358. The highest BCUT2D eigenvalue weighted by Crippen LogP contribution is 2.48. The van der Waals surface area contributed by atoms with Crippen molar-refractivity contribution in [3.63, 3.8) is 0 Å². The molecule has 3 aliphatic rings. The van der Waals surface area contributed by atoms with Crippen LogP contribution >= 0.6 is 0 Å². The summed E-state index contributed by atoms with van der Waals surface area (Å²) < 4.78 is 7.63. The number of hydrogen-bond acceptors (Lipinski definition) is 4. The number of methoxy groups -OCH3 is 1. The molecule has 3 heterocycles. The SMILES string of the molecule is COC(=O)c1ccc2c(C3CCCCC3)c3n(c2c1)CCC(N(C)CCN1CCCC1)c1ccccc1-3. The van der Waals surface area contributed by atoms with Gasteiger partial charge in [-0.3, -0.25) is 4.90 Å². The number of benzene rings is 2. The fourth-order valence-corrected chi connectivity index (χ4v) is 7.28. The average molecular weight is 500 g/mol. The van der Waals surface area contributed by atoms with Crippen LogP contribution in [0.5, 0.6) is 0 Å². The predicted molar refractivity (Wildman–Crippen MR) is 150 cm³/mol. The van der Waals surface area contributed by atoms with Crippen LogP contribution in [0.25, 0.3) is 22.2 Å². The van der Waals surface area contributed by atoms with Gasteiger partial charge in [-0.2, -0.15) is 0 Å². The smallest absolute Gasteiger partial charge is 0.337 e. The van der Waals surface area contributed by atoms with Gasteiger partial charge in [0.1, 0.15) is 0 Å². The van der Waals surface area contributed by atoms with E-state index in [-0.39, 0.29) is 5.97 Å². The minimum Gasteiger partial charge on any atom is -0.465 e. The lowest BCUT2D eigenvalue weighted by atomic mass is 9.81. The average Bonchev–Trinajstić information content (AvgIpc) is 3.54. The van der Waals surface area contributed by atoms with Crippen LogP contribution in [0.3, 0.4) is 0 Å². The monoisotopic (exact) mass is 499 g/mol. The summed E-state index contributed by atoms with van der Waals surface area (Å²) in [5, 5.41) is 1.32. The molecular formula is C32H41N3O2. The molecule has 0 radical (unpaired) electrons. The van der Waals surface area contributed by atoms with E-state index in [1.54, 1.807) is 0 Å². The molecular weight excluding hydrogens is 458 g/mol. The molecule has 3 aromatic rings. The summed E-state index contributed by atoms with van der Waals surface area (Å²) in [7, 11) is 3.78. The van der Waals surface area contributed by atoms with Gasteiger partial charge in [-0.05, 0) is 81.4 Å². The topological polar surface area (TPSA) is 37.7 Å². The van der Waals surface area contributed by atoms with Gasteiger partial charge in [0, 0.05) is 42.1 Å². The zero-order valence-corrected chi connectivity index (χ0v) is 22.5. The maximum absolute atomic E-state index is 12.5. The first-order valence-corrected chi connectivity index (χ1v) is 14.4. The molecule has 0 amide bonds. The van der Waals surface area contributed by atoms with Crippen molar-refractivity contribution in [3.8, 4) is 11.3 Å². The molecule has 2 fully saturated rings. The number of aryl methyl sites for hydroxylation is 1. The molecule has 6 rings (SSSR count). The largest absolute Gasteiger partial charge is 0.465 e. The Morgan fingerprint density at radius 1 is 0.973 bits per heavy atom. The molecule has 1 aromatic heterocycles. The Morgan fingerprint density at radius 2 is 1.76 bits per heavy atom. The Labute approximate surface area is 221 Å². The minimum atomic E-state index is -0.259. The van der Waals surface area contributed by atoms with E-state index in [9.17, 15) is 4.79 Å². The number of likely N-dealkylation sites (tertiary alicyclic amines) is 1. The Balaban J connectivity index is 1.46. The molecule has 5 heteroatoms. The number of esters is 1. The Kier molecular flexibility index (Phi) is 7.09. The van der Waals surface area contributed by atoms with Crippen molar-refractivity contribution in [3.05, 3.63) is 59.2 Å². The van der Waals surface area contributed by atoms with Crippen LogP contribution in [0.1, 0.15) is 84.8 Å². The summed E-state index contributed by atoms with van der Waals surface area (Å²) in [6, 6.07) is 15.8. The van der Waals surface area contributed by atoms with Crippen molar-refractivity contribution in [1.29, 1.82) is 0 Å². The van der Waals surface area contributed by atoms with Crippen molar-refractivity contribution in [1.82, 2.24) is 14.4 Å².